The van der Waals surface area contributed by atoms with Crippen LogP contribution in [0.15, 0.2) is 48.5 Å². The Balaban J connectivity index is 2.15. The van der Waals surface area contributed by atoms with Gasteiger partial charge in [0.25, 0.3) is 0 Å². The third-order valence-corrected chi connectivity index (χ3v) is 3.25. The van der Waals surface area contributed by atoms with Gasteiger partial charge in [-0.2, -0.15) is 0 Å². The Morgan fingerprint density at radius 3 is 2.55 bits per heavy atom. The van der Waals surface area contributed by atoms with E-state index in [4.69, 9.17) is 4.74 Å². The highest BCUT2D eigenvalue weighted by atomic mass is 16.5. The van der Waals surface area contributed by atoms with Crippen molar-refractivity contribution in [1.29, 1.82) is 0 Å². The first-order valence-corrected chi connectivity index (χ1v) is 6.92. The van der Waals surface area contributed by atoms with Crippen molar-refractivity contribution in [1.82, 2.24) is 0 Å². The summed E-state index contributed by atoms with van der Waals surface area (Å²) in [7, 11) is 0. The van der Waals surface area contributed by atoms with Crippen molar-refractivity contribution in [3.8, 4) is 5.75 Å². The van der Waals surface area contributed by atoms with Gasteiger partial charge in [0.15, 0.2) is 0 Å². The second kappa shape index (κ2) is 6.96. The van der Waals surface area contributed by atoms with Crippen LogP contribution in [0.1, 0.15) is 31.0 Å². The van der Waals surface area contributed by atoms with Gasteiger partial charge in [-0.15, -0.1) is 0 Å². The standard InChI is InChI=1S/C17H21NO2/c1-3-20-12-14-8-4-6-10-16(14)18-13(2)15-9-5-7-11-17(15)19/h4-11,13,18-19H,3,12H2,1-2H3. The molecule has 20 heavy (non-hydrogen) atoms. The molecule has 0 bridgehead atoms. The SMILES string of the molecule is CCOCc1ccccc1NC(C)c1ccccc1O. The Bertz CT molecular complexity index is 554. The maximum atomic E-state index is 9.90. The molecule has 0 aliphatic heterocycles. The molecule has 3 nitrogen and oxygen atoms in total. The second-order valence-electron chi connectivity index (χ2n) is 4.72. The van der Waals surface area contributed by atoms with Crippen molar-refractivity contribution in [3.63, 3.8) is 0 Å². The van der Waals surface area contributed by atoms with Gasteiger partial charge in [0.05, 0.1) is 12.6 Å². The molecule has 3 heteroatoms. The number of ether oxygens (including phenoxy) is 1. The largest absolute Gasteiger partial charge is 0.508 e. The second-order valence-corrected chi connectivity index (χ2v) is 4.72. The molecule has 1 atom stereocenters. The van der Waals surface area contributed by atoms with Crippen LogP contribution >= 0.6 is 0 Å². The van der Waals surface area contributed by atoms with E-state index < -0.39 is 0 Å². The lowest BCUT2D eigenvalue weighted by molar-refractivity contribution is 0.134. The maximum absolute atomic E-state index is 9.90. The van der Waals surface area contributed by atoms with Crippen LogP contribution in [0.3, 0.4) is 0 Å². The highest BCUT2D eigenvalue weighted by Crippen LogP contribution is 2.28. The van der Waals surface area contributed by atoms with Crippen molar-refractivity contribution in [3.05, 3.63) is 59.7 Å². The summed E-state index contributed by atoms with van der Waals surface area (Å²) in [6.07, 6.45) is 0. The van der Waals surface area contributed by atoms with E-state index in [1.54, 1.807) is 6.07 Å². The molecular formula is C17H21NO2. The zero-order valence-corrected chi connectivity index (χ0v) is 12.0. The Kier molecular flexibility index (Phi) is 5.02. The molecule has 0 heterocycles. The van der Waals surface area contributed by atoms with Gasteiger partial charge in [-0.1, -0.05) is 36.4 Å². The van der Waals surface area contributed by atoms with E-state index in [9.17, 15) is 5.11 Å². The summed E-state index contributed by atoms with van der Waals surface area (Å²) >= 11 is 0. The van der Waals surface area contributed by atoms with Gasteiger partial charge in [-0.25, -0.2) is 0 Å². The zero-order valence-electron chi connectivity index (χ0n) is 12.0. The van der Waals surface area contributed by atoms with Crippen LogP contribution in [-0.4, -0.2) is 11.7 Å². The summed E-state index contributed by atoms with van der Waals surface area (Å²) in [5, 5.41) is 13.3. The first kappa shape index (κ1) is 14.4. The summed E-state index contributed by atoms with van der Waals surface area (Å²) in [6.45, 7) is 5.31. The lowest BCUT2D eigenvalue weighted by Gasteiger charge is -2.19. The summed E-state index contributed by atoms with van der Waals surface area (Å²) in [6, 6.07) is 15.5. The maximum Gasteiger partial charge on any atom is 0.120 e. The van der Waals surface area contributed by atoms with E-state index >= 15 is 0 Å². The molecule has 0 spiro atoms. The van der Waals surface area contributed by atoms with Crippen LogP contribution in [0.2, 0.25) is 0 Å². The predicted molar refractivity (Wildman–Crippen MR) is 81.9 cm³/mol. The number of anilines is 1. The molecular weight excluding hydrogens is 250 g/mol. The number of aromatic hydroxyl groups is 1. The van der Waals surface area contributed by atoms with Crippen molar-refractivity contribution < 1.29 is 9.84 Å². The minimum Gasteiger partial charge on any atom is -0.508 e. The molecule has 2 N–H and O–H groups in total. The van der Waals surface area contributed by atoms with Crippen LogP contribution in [-0.2, 0) is 11.3 Å². The Morgan fingerprint density at radius 1 is 1.10 bits per heavy atom. The van der Waals surface area contributed by atoms with Crippen LogP contribution in [0.25, 0.3) is 0 Å². The molecule has 0 radical (unpaired) electrons. The fourth-order valence-electron chi connectivity index (χ4n) is 2.16. The number of benzene rings is 2. The lowest BCUT2D eigenvalue weighted by atomic mass is 10.1. The quantitative estimate of drug-likeness (QED) is 0.831. The van der Waals surface area contributed by atoms with E-state index in [1.165, 1.54) is 0 Å². The van der Waals surface area contributed by atoms with E-state index in [0.717, 1.165) is 16.8 Å². The van der Waals surface area contributed by atoms with E-state index in [-0.39, 0.29) is 6.04 Å². The molecule has 0 saturated carbocycles. The molecule has 106 valence electrons. The first-order chi connectivity index (χ1) is 9.72. The molecule has 0 aromatic heterocycles. The summed E-state index contributed by atoms with van der Waals surface area (Å²) in [4.78, 5) is 0. The van der Waals surface area contributed by atoms with E-state index in [1.807, 2.05) is 50.2 Å². The van der Waals surface area contributed by atoms with Gasteiger partial charge in [0.2, 0.25) is 0 Å². The zero-order chi connectivity index (χ0) is 14.4. The fraction of sp³-hybridized carbons (Fsp3) is 0.294. The smallest absolute Gasteiger partial charge is 0.120 e. The van der Waals surface area contributed by atoms with Gasteiger partial charge in [0, 0.05) is 23.4 Å². The highest BCUT2D eigenvalue weighted by Gasteiger charge is 2.11. The number of hydrogen-bond acceptors (Lipinski definition) is 3. The molecule has 1 unspecified atom stereocenters. The van der Waals surface area contributed by atoms with Crippen molar-refractivity contribution in [2.45, 2.75) is 26.5 Å². The van der Waals surface area contributed by atoms with Gasteiger partial charge >= 0.3 is 0 Å². The molecule has 0 amide bonds. The summed E-state index contributed by atoms with van der Waals surface area (Å²) in [5.41, 5.74) is 3.05. The van der Waals surface area contributed by atoms with Gasteiger partial charge < -0.3 is 15.2 Å². The molecule has 2 aromatic rings. The number of phenols is 1. The average Bonchev–Trinajstić information content (AvgIpc) is 2.46. The fourth-order valence-corrected chi connectivity index (χ4v) is 2.16. The normalized spacial score (nSPS) is 12.1. The van der Waals surface area contributed by atoms with Crippen molar-refractivity contribution >= 4 is 5.69 Å². The average molecular weight is 271 g/mol. The van der Waals surface area contributed by atoms with E-state index in [0.29, 0.717) is 19.0 Å². The minimum absolute atomic E-state index is 0.0268. The van der Waals surface area contributed by atoms with Crippen LogP contribution in [0.5, 0.6) is 5.75 Å². The van der Waals surface area contributed by atoms with Gasteiger partial charge in [-0.3, -0.25) is 0 Å². The van der Waals surface area contributed by atoms with Crippen molar-refractivity contribution in [2.75, 3.05) is 11.9 Å². The number of phenolic OH excluding ortho intramolecular Hbond substituents is 1. The molecule has 0 saturated heterocycles. The monoisotopic (exact) mass is 271 g/mol. The summed E-state index contributed by atoms with van der Waals surface area (Å²) < 4.78 is 5.48. The molecule has 2 aromatic carbocycles. The third-order valence-electron chi connectivity index (χ3n) is 3.25. The Morgan fingerprint density at radius 2 is 1.80 bits per heavy atom. The molecule has 0 fully saturated rings. The van der Waals surface area contributed by atoms with Crippen molar-refractivity contribution in [2.24, 2.45) is 0 Å². The Labute approximate surface area is 120 Å². The number of hydrogen-bond donors (Lipinski definition) is 2. The van der Waals surface area contributed by atoms with E-state index in [2.05, 4.69) is 11.4 Å². The minimum atomic E-state index is 0.0268. The highest BCUT2D eigenvalue weighted by molar-refractivity contribution is 5.53. The number of rotatable bonds is 6. The number of para-hydroxylation sites is 2. The lowest BCUT2D eigenvalue weighted by Crippen LogP contribution is -2.09. The van der Waals surface area contributed by atoms with Gasteiger partial charge in [0.1, 0.15) is 5.75 Å². The van der Waals surface area contributed by atoms with Crippen LogP contribution in [0, 0.1) is 0 Å². The van der Waals surface area contributed by atoms with Crippen LogP contribution in [0.4, 0.5) is 5.69 Å². The first-order valence-electron chi connectivity index (χ1n) is 6.92. The molecule has 0 aliphatic carbocycles. The third kappa shape index (κ3) is 3.52. The van der Waals surface area contributed by atoms with Crippen LogP contribution < -0.4 is 5.32 Å². The summed E-state index contributed by atoms with van der Waals surface area (Å²) in [5.74, 6) is 0.315. The molecule has 0 aliphatic rings. The topological polar surface area (TPSA) is 41.5 Å². The Hall–Kier alpha value is -2.00. The number of nitrogens with one attached hydrogen (secondary N) is 1. The predicted octanol–water partition coefficient (Wildman–Crippen LogP) is 4.10. The molecule has 2 rings (SSSR count). The van der Waals surface area contributed by atoms with Gasteiger partial charge in [-0.05, 0) is 26.0 Å².